The van der Waals surface area contributed by atoms with E-state index in [0.29, 0.717) is 6.04 Å². The molecule has 4 heteroatoms. The van der Waals surface area contributed by atoms with Gasteiger partial charge in [-0.05, 0) is 31.7 Å². The van der Waals surface area contributed by atoms with E-state index in [1.807, 2.05) is 0 Å². The van der Waals surface area contributed by atoms with Crippen LogP contribution in [0.5, 0.6) is 0 Å². The summed E-state index contributed by atoms with van der Waals surface area (Å²) in [6.07, 6.45) is 8.23. The van der Waals surface area contributed by atoms with Crippen molar-refractivity contribution in [2.45, 2.75) is 51.0 Å². The number of hydrogen-bond acceptors (Lipinski definition) is 2. The highest BCUT2D eigenvalue weighted by molar-refractivity contribution is 5.85. The SMILES string of the molecule is Cl.O=C(CCC1CCC1)NC1CCCNC1. The van der Waals surface area contributed by atoms with Gasteiger partial charge < -0.3 is 10.6 Å². The molecule has 1 saturated carbocycles. The highest BCUT2D eigenvalue weighted by atomic mass is 35.5. The zero-order valence-corrected chi connectivity index (χ0v) is 10.7. The average Bonchev–Trinajstić information content (AvgIpc) is 2.17. The first-order valence-corrected chi connectivity index (χ1v) is 6.34. The van der Waals surface area contributed by atoms with Crippen LogP contribution in [0.3, 0.4) is 0 Å². The van der Waals surface area contributed by atoms with Crippen molar-refractivity contribution < 1.29 is 4.79 Å². The van der Waals surface area contributed by atoms with Gasteiger partial charge in [0.05, 0.1) is 0 Å². The molecular formula is C12H23ClN2O. The molecule has 0 bridgehead atoms. The molecule has 1 aliphatic carbocycles. The van der Waals surface area contributed by atoms with Gasteiger partial charge in [0.1, 0.15) is 0 Å². The summed E-state index contributed by atoms with van der Waals surface area (Å²) in [6, 6.07) is 0.382. The van der Waals surface area contributed by atoms with Crippen molar-refractivity contribution in [3.63, 3.8) is 0 Å². The Kier molecular flexibility index (Phi) is 6.14. The molecule has 1 unspecified atom stereocenters. The smallest absolute Gasteiger partial charge is 0.220 e. The second kappa shape index (κ2) is 7.13. The average molecular weight is 247 g/mol. The van der Waals surface area contributed by atoms with Gasteiger partial charge in [0, 0.05) is 19.0 Å². The standard InChI is InChI=1S/C12H22N2O.ClH/c15-12(7-6-10-3-1-4-10)14-11-5-2-8-13-9-11;/h10-11,13H,1-9H2,(H,14,15);1H. The maximum atomic E-state index is 11.6. The van der Waals surface area contributed by atoms with Gasteiger partial charge in [-0.3, -0.25) is 4.79 Å². The molecule has 3 nitrogen and oxygen atoms in total. The lowest BCUT2D eigenvalue weighted by Gasteiger charge is -2.26. The molecule has 0 aromatic heterocycles. The molecule has 2 N–H and O–H groups in total. The van der Waals surface area contributed by atoms with Crippen molar-refractivity contribution in [3.05, 3.63) is 0 Å². The molecule has 0 aromatic carbocycles. The Bertz CT molecular complexity index is 213. The number of hydrogen-bond donors (Lipinski definition) is 2. The first kappa shape index (κ1) is 13.8. The summed E-state index contributed by atoms with van der Waals surface area (Å²) in [4.78, 5) is 11.6. The quantitative estimate of drug-likeness (QED) is 0.795. The zero-order valence-electron chi connectivity index (χ0n) is 9.84. The number of piperidine rings is 1. The zero-order chi connectivity index (χ0) is 10.5. The number of amides is 1. The third-order valence-corrected chi connectivity index (χ3v) is 3.67. The Hall–Kier alpha value is -0.280. The number of nitrogens with one attached hydrogen (secondary N) is 2. The van der Waals surface area contributed by atoms with Crippen LogP contribution < -0.4 is 10.6 Å². The maximum Gasteiger partial charge on any atom is 0.220 e. The van der Waals surface area contributed by atoms with Gasteiger partial charge in [-0.25, -0.2) is 0 Å². The number of halogens is 1. The minimum atomic E-state index is 0. The van der Waals surface area contributed by atoms with E-state index in [1.165, 1.54) is 25.7 Å². The normalized spacial score (nSPS) is 25.4. The molecule has 2 rings (SSSR count). The molecule has 1 saturated heterocycles. The van der Waals surface area contributed by atoms with Crippen molar-refractivity contribution in [2.24, 2.45) is 5.92 Å². The summed E-state index contributed by atoms with van der Waals surface area (Å²) >= 11 is 0. The van der Waals surface area contributed by atoms with Gasteiger partial charge in [-0.2, -0.15) is 0 Å². The highest BCUT2D eigenvalue weighted by Crippen LogP contribution is 2.30. The Morgan fingerprint density at radius 1 is 1.25 bits per heavy atom. The Morgan fingerprint density at radius 2 is 2.06 bits per heavy atom. The third-order valence-electron chi connectivity index (χ3n) is 3.67. The van der Waals surface area contributed by atoms with Crippen LogP contribution in [0, 0.1) is 5.92 Å². The molecule has 94 valence electrons. The van der Waals surface area contributed by atoms with Crippen molar-refractivity contribution >= 4 is 18.3 Å². The van der Waals surface area contributed by atoms with E-state index in [0.717, 1.165) is 38.3 Å². The summed E-state index contributed by atoms with van der Waals surface area (Å²) in [5.41, 5.74) is 0. The molecule has 1 atom stereocenters. The van der Waals surface area contributed by atoms with Gasteiger partial charge in [-0.15, -0.1) is 12.4 Å². The van der Waals surface area contributed by atoms with Gasteiger partial charge in [0.15, 0.2) is 0 Å². The highest BCUT2D eigenvalue weighted by Gasteiger charge is 2.19. The van der Waals surface area contributed by atoms with Crippen molar-refractivity contribution in [1.82, 2.24) is 10.6 Å². The van der Waals surface area contributed by atoms with Gasteiger partial charge >= 0.3 is 0 Å². The lowest BCUT2D eigenvalue weighted by atomic mass is 9.82. The molecule has 2 aliphatic rings. The summed E-state index contributed by atoms with van der Waals surface area (Å²) in [5, 5.41) is 6.43. The minimum Gasteiger partial charge on any atom is -0.352 e. The number of carbonyl (C=O) groups excluding carboxylic acids is 1. The Labute approximate surface area is 104 Å². The fourth-order valence-corrected chi connectivity index (χ4v) is 2.39. The van der Waals surface area contributed by atoms with Crippen LogP contribution in [0.15, 0.2) is 0 Å². The monoisotopic (exact) mass is 246 g/mol. The second-order valence-corrected chi connectivity index (χ2v) is 4.95. The van der Waals surface area contributed by atoms with E-state index in [2.05, 4.69) is 10.6 Å². The van der Waals surface area contributed by atoms with E-state index in [4.69, 9.17) is 0 Å². The first-order valence-electron chi connectivity index (χ1n) is 6.34. The molecule has 2 fully saturated rings. The van der Waals surface area contributed by atoms with E-state index >= 15 is 0 Å². The van der Waals surface area contributed by atoms with Gasteiger partial charge in [-0.1, -0.05) is 19.3 Å². The second-order valence-electron chi connectivity index (χ2n) is 4.95. The molecular weight excluding hydrogens is 224 g/mol. The fourth-order valence-electron chi connectivity index (χ4n) is 2.39. The third kappa shape index (κ3) is 4.30. The van der Waals surface area contributed by atoms with Crippen LogP contribution in [-0.2, 0) is 4.79 Å². The topological polar surface area (TPSA) is 41.1 Å². The minimum absolute atomic E-state index is 0. The fraction of sp³-hybridized carbons (Fsp3) is 0.917. The van der Waals surface area contributed by atoms with Crippen LogP contribution in [0.1, 0.15) is 44.9 Å². The molecule has 0 spiro atoms. The molecule has 0 aromatic rings. The predicted octanol–water partition coefficient (Wildman–Crippen LogP) is 1.86. The van der Waals surface area contributed by atoms with Gasteiger partial charge in [0.2, 0.25) is 5.91 Å². The number of carbonyl (C=O) groups is 1. The van der Waals surface area contributed by atoms with Crippen LogP contribution >= 0.6 is 12.4 Å². The molecule has 16 heavy (non-hydrogen) atoms. The van der Waals surface area contributed by atoms with Crippen molar-refractivity contribution in [1.29, 1.82) is 0 Å². The van der Waals surface area contributed by atoms with Crippen LogP contribution in [-0.4, -0.2) is 25.0 Å². The van der Waals surface area contributed by atoms with E-state index < -0.39 is 0 Å². The lowest BCUT2D eigenvalue weighted by molar-refractivity contribution is -0.122. The molecule has 1 aliphatic heterocycles. The predicted molar refractivity (Wildman–Crippen MR) is 67.9 cm³/mol. The van der Waals surface area contributed by atoms with Crippen molar-refractivity contribution in [3.8, 4) is 0 Å². The van der Waals surface area contributed by atoms with E-state index in [1.54, 1.807) is 0 Å². The maximum absolute atomic E-state index is 11.6. The Balaban J connectivity index is 0.00000128. The molecule has 1 heterocycles. The van der Waals surface area contributed by atoms with Crippen LogP contribution in [0.25, 0.3) is 0 Å². The van der Waals surface area contributed by atoms with Crippen LogP contribution in [0.2, 0.25) is 0 Å². The lowest BCUT2D eigenvalue weighted by Crippen LogP contribution is -2.45. The summed E-state index contributed by atoms with van der Waals surface area (Å²) < 4.78 is 0. The summed E-state index contributed by atoms with van der Waals surface area (Å²) in [5.74, 6) is 1.11. The Morgan fingerprint density at radius 3 is 2.62 bits per heavy atom. The van der Waals surface area contributed by atoms with Crippen LogP contribution in [0.4, 0.5) is 0 Å². The molecule has 0 radical (unpaired) electrons. The largest absolute Gasteiger partial charge is 0.352 e. The van der Waals surface area contributed by atoms with Crippen molar-refractivity contribution in [2.75, 3.05) is 13.1 Å². The number of rotatable bonds is 4. The summed E-state index contributed by atoms with van der Waals surface area (Å²) in [7, 11) is 0. The summed E-state index contributed by atoms with van der Waals surface area (Å²) in [6.45, 7) is 2.06. The van der Waals surface area contributed by atoms with E-state index in [-0.39, 0.29) is 18.3 Å². The molecule has 1 amide bonds. The van der Waals surface area contributed by atoms with Gasteiger partial charge in [0.25, 0.3) is 0 Å². The first-order chi connectivity index (χ1) is 7.34. The van der Waals surface area contributed by atoms with E-state index in [9.17, 15) is 4.79 Å².